The molecular weight excluding hydrogens is 303 g/mol. The first-order chi connectivity index (χ1) is 11.1. The van der Waals surface area contributed by atoms with Gasteiger partial charge >= 0.3 is 0 Å². The molecular formula is C18H43N4P. The molecule has 0 aromatic heterocycles. The Morgan fingerprint density at radius 2 is 0.652 bits per heavy atom. The number of hydrogen-bond acceptors (Lipinski definition) is 1. The molecule has 0 unspecified atom stereocenters. The molecule has 23 heavy (non-hydrogen) atoms. The number of rotatable bonds is 15. The van der Waals surface area contributed by atoms with E-state index in [0.717, 1.165) is 77.8 Å². The number of nitrogens with zero attached hydrogens (tertiary/aromatic N) is 3. The standard InChI is InChI=1S/C18H43N4P/c1-7-13-20(14-8-2)23(19,21(15-9-3)16-10-4)22(17-11-5)18-12-6/h19H,7-18H2,1-6H3. The fourth-order valence-electron chi connectivity index (χ4n) is 3.26. The first-order valence-electron chi connectivity index (χ1n) is 9.96. The van der Waals surface area contributed by atoms with E-state index >= 15 is 0 Å². The largest absolute Gasteiger partial charge is 0.277 e. The predicted molar refractivity (Wildman–Crippen MR) is 106 cm³/mol. The average molecular weight is 347 g/mol. The molecule has 0 spiro atoms. The minimum absolute atomic E-state index is 1.05. The summed E-state index contributed by atoms with van der Waals surface area (Å²) >= 11 is 0. The topological polar surface area (TPSA) is 33.6 Å². The summed E-state index contributed by atoms with van der Waals surface area (Å²) in [5.74, 6) is 0. The molecule has 0 heterocycles. The Morgan fingerprint density at radius 1 is 0.478 bits per heavy atom. The van der Waals surface area contributed by atoms with Crippen LogP contribution in [-0.4, -0.2) is 53.3 Å². The Kier molecular flexibility index (Phi) is 13.5. The van der Waals surface area contributed by atoms with Crippen LogP contribution in [0.2, 0.25) is 0 Å². The molecule has 0 fully saturated rings. The van der Waals surface area contributed by atoms with Gasteiger partial charge in [0.2, 0.25) is 0 Å². The van der Waals surface area contributed by atoms with Crippen LogP contribution in [0.3, 0.4) is 0 Å². The van der Waals surface area contributed by atoms with Gasteiger partial charge in [-0.1, -0.05) is 41.5 Å². The Balaban J connectivity index is 5.79. The van der Waals surface area contributed by atoms with Gasteiger partial charge in [-0.2, -0.15) is 0 Å². The molecule has 0 saturated carbocycles. The third-order valence-corrected chi connectivity index (χ3v) is 7.64. The van der Waals surface area contributed by atoms with E-state index in [1.54, 1.807) is 0 Å². The van der Waals surface area contributed by atoms with Gasteiger partial charge in [-0.05, 0) is 38.5 Å². The zero-order valence-electron chi connectivity index (χ0n) is 16.8. The van der Waals surface area contributed by atoms with Crippen molar-refractivity contribution in [3.05, 3.63) is 0 Å². The fraction of sp³-hybridized carbons (Fsp3) is 1.00. The van der Waals surface area contributed by atoms with Crippen LogP contribution in [0.25, 0.3) is 0 Å². The smallest absolute Gasteiger partial charge is 0.165 e. The molecule has 0 amide bonds. The third-order valence-electron chi connectivity index (χ3n) is 4.07. The van der Waals surface area contributed by atoms with Gasteiger partial charge in [0.25, 0.3) is 0 Å². The SMILES string of the molecule is CCCN(CCC)P(=N)(N(CCC)CCC)N(CCC)CCC. The second-order valence-corrected chi connectivity index (χ2v) is 9.26. The maximum atomic E-state index is 9.70. The number of nitrogens with one attached hydrogen (secondary N) is 1. The fourth-order valence-corrected chi connectivity index (χ4v) is 7.20. The molecule has 4 nitrogen and oxygen atoms in total. The zero-order chi connectivity index (χ0) is 17.7. The molecule has 1 N–H and O–H groups in total. The van der Waals surface area contributed by atoms with E-state index in [0.29, 0.717) is 0 Å². The minimum Gasteiger partial charge on any atom is -0.277 e. The molecule has 0 aliphatic rings. The van der Waals surface area contributed by atoms with Crippen LogP contribution in [-0.2, 0) is 0 Å². The lowest BCUT2D eigenvalue weighted by atomic mass is 10.4. The van der Waals surface area contributed by atoms with Crippen molar-refractivity contribution < 1.29 is 0 Å². The summed E-state index contributed by atoms with van der Waals surface area (Å²) in [6.45, 7) is 19.8. The Hall–Kier alpha value is 0.110. The minimum atomic E-state index is -2.15. The van der Waals surface area contributed by atoms with Crippen LogP contribution in [0.4, 0.5) is 0 Å². The van der Waals surface area contributed by atoms with Gasteiger partial charge in [0.05, 0.1) is 0 Å². The lowest BCUT2D eigenvalue weighted by molar-refractivity contribution is 0.300. The van der Waals surface area contributed by atoms with Gasteiger partial charge in [0, 0.05) is 39.3 Å². The highest BCUT2D eigenvalue weighted by Crippen LogP contribution is 2.57. The van der Waals surface area contributed by atoms with E-state index < -0.39 is 7.51 Å². The van der Waals surface area contributed by atoms with Crippen molar-refractivity contribution in [2.75, 3.05) is 39.3 Å². The zero-order valence-corrected chi connectivity index (χ0v) is 17.7. The van der Waals surface area contributed by atoms with Crippen molar-refractivity contribution in [3.63, 3.8) is 0 Å². The van der Waals surface area contributed by atoms with E-state index in [1.165, 1.54) is 0 Å². The van der Waals surface area contributed by atoms with Gasteiger partial charge < -0.3 is 0 Å². The molecule has 0 aromatic carbocycles. The average Bonchev–Trinajstić information content (AvgIpc) is 2.53. The second-order valence-electron chi connectivity index (χ2n) is 6.43. The van der Waals surface area contributed by atoms with Crippen molar-refractivity contribution in [1.82, 2.24) is 14.0 Å². The van der Waals surface area contributed by atoms with E-state index in [1.807, 2.05) is 0 Å². The van der Waals surface area contributed by atoms with E-state index in [2.05, 4.69) is 55.6 Å². The van der Waals surface area contributed by atoms with Crippen molar-refractivity contribution in [1.29, 1.82) is 5.16 Å². The highest BCUT2D eigenvalue weighted by molar-refractivity contribution is 7.57. The summed E-state index contributed by atoms with van der Waals surface area (Å²) in [5.41, 5.74) is 0. The molecule has 0 radical (unpaired) electrons. The molecule has 140 valence electrons. The van der Waals surface area contributed by atoms with Gasteiger partial charge in [-0.25, -0.2) is 14.0 Å². The highest BCUT2D eigenvalue weighted by Gasteiger charge is 2.36. The molecule has 0 rings (SSSR count). The van der Waals surface area contributed by atoms with Crippen molar-refractivity contribution in [2.24, 2.45) is 0 Å². The van der Waals surface area contributed by atoms with Crippen LogP contribution in [0.1, 0.15) is 80.1 Å². The first-order valence-corrected chi connectivity index (χ1v) is 11.6. The van der Waals surface area contributed by atoms with Crippen molar-refractivity contribution in [2.45, 2.75) is 80.1 Å². The van der Waals surface area contributed by atoms with Gasteiger partial charge in [0.15, 0.2) is 7.51 Å². The monoisotopic (exact) mass is 346 g/mol. The van der Waals surface area contributed by atoms with Crippen LogP contribution < -0.4 is 0 Å². The van der Waals surface area contributed by atoms with Gasteiger partial charge in [0.1, 0.15) is 0 Å². The summed E-state index contributed by atoms with van der Waals surface area (Å²) in [6, 6.07) is 0. The van der Waals surface area contributed by atoms with Crippen LogP contribution >= 0.6 is 7.51 Å². The lowest BCUT2D eigenvalue weighted by Gasteiger charge is -2.48. The maximum Gasteiger partial charge on any atom is 0.165 e. The maximum absolute atomic E-state index is 9.70. The van der Waals surface area contributed by atoms with E-state index in [9.17, 15) is 5.16 Å². The molecule has 5 heteroatoms. The first kappa shape index (κ1) is 23.1. The summed E-state index contributed by atoms with van der Waals surface area (Å²) in [4.78, 5) is 0. The van der Waals surface area contributed by atoms with Gasteiger partial charge in [-0.3, -0.25) is 5.16 Å². The van der Waals surface area contributed by atoms with Crippen LogP contribution in [0, 0.1) is 5.16 Å². The summed E-state index contributed by atoms with van der Waals surface area (Å²) in [7, 11) is -2.15. The Bertz CT molecular complexity index is 257. The molecule has 0 aliphatic heterocycles. The van der Waals surface area contributed by atoms with E-state index in [4.69, 9.17) is 0 Å². The van der Waals surface area contributed by atoms with E-state index in [-0.39, 0.29) is 0 Å². The molecule has 0 aliphatic carbocycles. The summed E-state index contributed by atoms with van der Waals surface area (Å²) in [5, 5.41) is 9.70. The van der Waals surface area contributed by atoms with Crippen molar-refractivity contribution in [3.8, 4) is 0 Å². The predicted octanol–water partition coefficient (Wildman–Crippen LogP) is 5.88. The second kappa shape index (κ2) is 13.4. The lowest BCUT2D eigenvalue weighted by Crippen LogP contribution is -2.42. The number of hydrogen-bond donors (Lipinski definition) is 1. The van der Waals surface area contributed by atoms with Gasteiger partial charge in [-0.15, -0.1) is 0 Å². The molecule has 0 bridgehead atoms. The summed E-state index contributed by atoms with van der Waals surface area (Å²) < 4.78 is 7.59. The van der Waals surface area contributed by atoms with Crippen LogP contribution in [0.15, 0.2) is 0 Å². The Morgan fingerprint density at radius 3 is 0.783 bits per heavy atom. The third kappa shape index (κ3) is 6.86. The highest BCUT2D eigenvalue weighted by atomic mass is 31.2. The Labute approximate surface area is 146 Å². The van der Waals surface area contributed by atoms with Crippen molar-refractivity contribution >= 4 is 7.51 Å². The summed E-state index contributed by atoms with van der Waals surface area (Å²) in [6.07, 6.45) is 6.83. The van der Waals surface area contributed by atoms with Crippen LogP contribution in [0.5, 0.6) is 0 Å². The molecule has 0 aromatic rings. The molecule has 0 atom stereocenters. The molecule has 0 saturated heterocycles. The normalized spacial score (nSPS) is 12.7. The quantitative estimate of drug-likeness (QED) is 0.376.